The van der Waals surface area contributed by atoms with Gasteiger partial charge in [0.05, 0.1) is 13.9 Å². The van der Waals surface area contributed by atoms with Crippen LogP contribution in [0, 0.1) is 5.41 Å². The van der Waals surface area contributed by atoms with E-state index in [9.17, 15) is 0 Å². The summed E-state index contributed by atoms with van der Waals surface area (Å²) in [6, 6.07) is 21.3. The zero-order chi connectivity index (χ0) is 23.9. The predicted octanol–water partition coefficient (Wildman–Crippen LogP) is 11.1. The van der Waals surface area contributed by atoms with Crippen molar-refractivity contribution in [2.45, 2.75) is 52.5 Å². The Morgan fingerprint density at radius 3 is 0.968 bits per heavy atom. The van der Waals surface area contributed by atoms with Gasteiger partial charge in [0.2, 0.25) is 0 Å². The minimum atomic E-state index is -0.500. The molecule has 0 heterocycles. The highest BCUT2D eigenvalue weighted by molar-refractivity contribution is 9.26. The van der Waals surface area contributed by atoms with E-state index in [0.29, 0.717) is 0 Å². The number of hydrogen-bond donors (Lipinski definition) is 0. The van der Waals surface area contributed by atoms with Gasteiger partial charge in [0.15, 0.2) is 0 Å². The fourth-order valence-corrected chi connectivity index (χ4v) is 16.7. The molecule has 2 aromatic carbocycles. The van der Waals surface area contributed by atoms with Crippen LogP contribution in [0.5, 0.6) is 0 Å². The topological polar surface area (TPSA) is 0 Å². The molecule has 0 nitrogen and oxygen atoms in total. The molecule has 2 atom stereocenters. The molecule has 0 radical (unpaired) electrons. The molecule has 0 saturated carbocycles. The lowest BCUT2D eigenvalue weighted by atomic mass is 9.48. The van der Waals surface area contributed by atoms with Gasteiger partial charge in [-0.05, 0) is 30.4 Å². The summed E-state index contributed by atoms with van der Waals surface area (Å²) in [6.45, 7) is 9.01. The van der Waals surface area contributed by atoms with Crippen LogP contribution in [0.15, 0.2) is 60.7 Å². The minimum Gasteiger partial charge on any atom is -0.0754 e. The summed E-state index contributed by atoms with van der Waals surface area (Å²) in [5.74, 6) is 0. The maximum Gasteiger partial charge on any atom is 0.0898 e. The summed E-state index contributed by atoms with van der Waals surface area (Å²) < 4.78 is -1.15. The summed E-state index contributed by atoms with van der Waals surface area (Å²) in [4.78, 5) is 0. The predicted molar refractivity (Wildman–Crippen MR) is 166 cm³/mol. The Hall–Kier alpha value is 2.28. The molecule has 0 aliphatic rings. The third-order valence-electron chi connectivity index (χ3n) is 6.47. The van der Waals surface area contributed by atoms with Gasteiger partial charge in [-0.3, -0.25) is 0 Å². The first-order chi connectivity index (χ1) is 14.1. The molecule has 0 saturated heterocycles. The van der Waals surface area contributed by atoms with Crippen molar-refractivity contribution in [1.29, 1.82) is 0 Å². The largest absolute Gasteiger partial charge is 0.0898 e. The molecular weight excluding hydrogens is 915 g/mol. The van der Waals surface area contributed by atoms with Crippen LogP contribution in [0.3, 0.4) is 0 Å². The molecule has 0 amide bonds. The van der Waals surface area contributed by atoms with Crippen LogP contribution in [-0.2, 0) is 10.8 Å². The summed E-state index contributed by atoms with van der Waals surface area (Å²) >= 11 is 32.1. The number of hydrogen-bond acceptors (Lipinski definition) is 0. The van der Waals surface area contributed by atoms with E-state index in [1.807, 2.05) is 0 Å². The second-order valence-corrected chi connectivity index (χ2v) is 22.9. The van der Waals surface area contributed by atoms with Crippen LogP contribution in [0.1, 0.15) is 38.8 Å². The van der Waals surface area contributed by atoms with E-state index in [-0.39, 0.29) is 7.47 Å². The smallest absolute Gasteiger partial charge is 0.0754 e. The van der Waals surface area contributed by atoms with Crippen molar-refractivity contribution in [3.05, 3.63) is 71.8 Å². The van der Waals surface area contributed by atoms with E-state index in [2.05, 4.69) is 216 Å². The summed E-state index contributed by atoms with van der Waals surface area (Å²) in [5, 5.41) is 0. The van der Waals surface area contributed by atoms with E-state index in [1.54, 1.807) is 0 Å². The lowest BCUT2D eigenvalue weighted by Crippen LogP contribution is -2.69. The molecular formula is C23H24Br8. The molecule has 0 aliphatic heterocycles. The summed E-state index contributed by atoms with van der Waals surface area (Å²) in [7, 11) is 0. The molecule has 0 aliphatic carbocycles. The Morgan fingerprint density at radius 2 is 0.774 bits per heavy atom. The second-order valence-electron chi connectivity index (χ2n) is 8.35. The first kappa shape index (κ1) is 29.5. The molecule has 2 aromatic rings. The maximum absolute atomic E-state index is 4.05. The molecule has 0 bridgehead atoms. The fourth-order valence-electron chi connectivity index (χ4n) is 5.22. The second kappa shape index (κ2) is 10.7. The first-order valence-corrected chi connectivity index (χ1v) is 16.4. The molecule has 172 valence electrons. The Kier molecular flexibility index (Phi) is 10.2. The van der Waals surface area contributed by atoms with E-state index in [0.717, 1.165) is 0 Å². The quantitative estimate of drug-likeness (QED) is 0.231. The van der Waals surface area contributed by atoms with Gasteiger partial charge in [-0.1, -0.05) is 202 Å². The standard InChI is InChI=1S/C23H24Br8/c1-19(2,22(17(24)25,20(3,28)29)15-11-7-5-8-12-15)23(18(26)27,21(4,30)31)16-13-9-6-10-14-16/h5-14,17-18H,1-4H3. The SMILES string of the molecule is CC(Br)(Br)C(c1ccccc1)(C(Br)Br)C(C)(C)C(c1ccccc1)(C(Br)Br)C(C)(Br)Br. The lowest BCUT2D eigenvalue weighted by Gasteiger charge is -2.65. The molecule has 0 N–H and O–H groups in total. The zero-order valence-electron chi connectivity index (χ0n) is 17.5. The van der Waals surface area contributed by atoms with Crippen LogP contribution in [-0.4, -0.2) is 13.9 Å². The van der Waals surface area contributed by atoms with Crippen molar-refractivity contribution in [2.75, 3.05) is 0 Å². The van der Waals surface area contributed by atoms with Gasteiger partial charge in [-0.25, -0.2) is 0 Å². The van der Waals surface area contributed by atoms with Gasteiger partial charge in [0, 0.05) is 10.8 Å². The van der Waals surface area contributed by atoms with Crippen molar-refractivity contribution in [3.8, 4) is 0 Å². The van der Waals surface area contributed by atoms with Gasteiger partial charge in [0.1, 0.15) is 0 Å². The van der Waals surface area contributed by atoms with E-state index >= 15 is 0 Å². The van der Waals surface area contributed by atoms with Gasteiger partial charge in [-0.2, -0.15) is 0 Å². The van der Waals surface area contributed by atoms with Gasteiger partial charge >= 0.3 is 0 Å². The Labute approximate surface area is 253 Å². The minimum absolute atomic E-state index is 0.0853. The molecule has 0 aromatic heterocycles. The highest BCUT2D eigenvalue weighted by Gasteiger charge is 2.71. The van der Waals surface area contributed by atoms with Crippen molar-refractivity contribution in [3.63, 3.8) is 0 Å². The van der Waals surface area contributed by atoms with Crippen LogP contribution in [0.4, 0.5) is 0 Å². The fraction of sp³-hybridized carbons (Fsp3) is 0.478. The van der Waals surface area contributed by atoms with Gasteiger partial charge in [-0.15, -0.1) is 0 Å². The van der Waals surface area contributed by atoms with E-state index in [4.69, 9.17) is 0 Å². The molecule has 2 rings (SSSR count). The van der Waals surface area contributed by atoms with Gasteiger partial charge in [0.25, 0.3) is 0 Å². The highest BCUT2D eigenvalue weighted by Crippen LogP contribution is 2.72. The normalized spacial score (nSPS) is 17.5. The summed E-state index contributed by atoms with van der Waals surface area (Å²) in [6.07, 6.45) is 0. The molecule has 0 spiro atoms. The average Bonchev–Trinajstić information content (AvgIpc) is 2.60. The number of alkyl halides is 8. The van der Waals surface area contributed by atoms with Gasteiger partial charge < -0.3 is 0 Å². The van der Waals surface area contributed by atoms with Crippen LogP contribution < -0.4 is 0 Å². The Morgan fingerprint density at radius 1 is 0.516 bits per heavy atom. The molecule has 8 heteroatoms. The molecule has 0 fully saturated rings. The number of rotatable bonds is 8. The zero-order valence-corrected chi connectivity index (χ0v) is 30.1. The lowest BCUT2D eigenvalue weighted by molar-refractivity contribution is 0.0606. The third kappa shape index (κ3) is 4.83. The monoisotopic (exact) mass is 932 g/mol. The van der Waals surface area contributed by atoms with Crippen molar-refractivity contribution in [1.82, 2.24) is 0 Å². The van der Waals surface area contributed by atoms with E-state index in [1.165, 1.54) is 11.1 Å². The molecule has 2 unspecified atom stereocenters. The maximum atomic E-state index is 4.05. The number of halogens is 8. The average molecular weight is 940 g/mol. The van der Waals surface area contributed by atoms with Crippen LogP contribution in [0.2, 0.25) is 0 Å². The van der Waals surface area contributed by atoms with Crippen molar-refractivity contribution in [2.24, 2.45) is 5.41 Å². The highest BCUT2D eigenvalue weighted by atomic mass is 79.9. The summed E-state index contributed by atoms with van der Waals surface area (Å²) in [5.41, 5.74) is 0.960. The van der Waals surface area contributed by atoms with E-state index < -0.39 is 22.7 Å². The third-order valence-corrected chi connectivity index (χ3v) is 11.7. The Bertz CT molecular complexity index is 781. The molecule has 31 heavy (non-hydrogen) atoms. The Balaban J connectivity index is 3.14. The van der Waals surface area contributed by atoms with Crippen molar-refractivity contribution >= 4 is 127 Å². The van der Waals surface area contributed by atoms with Crippen LogP contribution in [0.25, 0.3) is 0 Å². The first-order valence-electron chi connectivity index (χ1n) is 9.53. The van der Waals surface area contributed by atoms with Crippen LogP contribution >= 0.6 is 127 Å². The van der Waals surface area contributed by atoms with Crippen molar-refractivity contribution < 1.29 is 0 Å². The number of benzene rings is 2.